The Morgan fingerprint density at radius 2 is 1.72 bits per heavy atom. The fourth-order valence-corrected chi connectivity index (χ4v) is 3.71. The molecule has 0 unspecified atom stereocenters. The Bertz CT molecular complexity index is 1010. The van der Waals surface area contributed by atoms with Crippen molar-refractivity contribution in [3.8, 4) is 0 Å². The highest BCUT2D eigenvalue weighted by atomic mass is 19.4. The molecule has 0 atom stereocenters. The Labute approximate surface area is 179 Å². The minimum Gasteiger partial charge on any atom is -0.355 e. The van der Waals surface area contributed by atoms with Crippen molar-refractivity contribution in [1.29, 1.82) is 0 Å². The Morgan fingerprint density at radius 3 is 2.31 bits per heavy atom. The lowest BCUT2D eigenvalue weighted by molar-refractivity contribution is -0.139. The summed E-state index contributed by atoms with van der Waals surface area (Å²) >= 11 is 0. The maximum absolute atomic E-state index is 13.3. The maximum Gasteiger partial charge on any atom is 0.421 e. The van der Waals surface area contributed by atoms with Gasteiger partial charge >= 0.3 is 12.4 Å². The second-order valence-corrected chi connectivity index (χ2v) is 8.06. The van der Waals surface area contributed by atoms with Crippen molar-refractivity contribution < 1.29 is 26.3 Å². The lowest BCUT2D eigenvalue weighted by atomic mass is 10.2. The summed E-state index contributed by atoms with van der Waals surface area (Å²) in [5.41, 5.74) is -2.94. The molecule has 1 saturated heterocycles. The van der Waals surface area contributed by atoms with Gasteiger partial charge in [-0.3, -0.25) is 9.69 Å². The highest BCUT2D eigenvalue weighted by Crippen LogP contribution is 2.40. The van der Waals surface area contributed by atoms with Crippen LogP contribution >= 0.6 is 0 Å². The van der Waals surface area contributed by atoms with E-state index < -0.39 is 29.0 Å². The molecule has 0 spiro atoms. The molecule has 1 aliphatic heterocycles. The van der Waals surface area contributed by atoms with Crippen LogP contribution in [0.5, 0.6) is 0 Å². The highest BCUT2D eigenvalue weighted by molar-refractivity contribution is 5.40. The molecule has 3 heterocycles. The molecule has 0 aromatic carbocycles. The number of hydrogen-bond acceptors (Lipinski definition) is 5. The van der Waals surface area contributed by atoms with Gasteiger partial charge in [-0.2, -0.15) is 31.4 Å². The van der Waals surface area contributed by atoms with Gasteiger partial charge < -0.3 is 4.90 Å². The van der Waals surface area contributed by atoms with Gasteiger partial charge in [-0.25, -0.2) is 9.67 Å². The fraction of sp³-hybridized carbons (Fsp3) is 0.550. The number of pyridine rings is 1. The van der Waals surface area contributed by atoms with Gasteiger partial charge in [0.05, 0.1) is 17.9 Å². The summed E-state index contributed by atoms with van der Waals surface area (Å²) in [6.07, 6.45) is -6.33. The van der Waals surface area contributed by atoms with E-state index in [1.165, 1.54) is 6.07 Å². The zero-order valence-electron chi connectivity index (χ0n) is 17.0. The van der Waals surface area contributed by atoms with Crippen molar-refractivity contribution in [3.63, 3.8) is 0 Å². The number of alkyl halides is 6. The van der Waals surface area contributed by atoms with Crippen LogP contribution in [0, 0.1) is 0 Å². The van der Waals surface area contributed by atoms with Gasteiger partial charge in [0.25, 0.3) is 5.56 Å². The standard InChI is InChI=1S/C20H21F6N5O/c21-19(22,23)14-4-5-17(27-11-14)30-7-1-6-29(8-9-30)12-31-18(32)15(20(24,25)26)10-16(28-31)13-2-3-13/h4-5,10-11,13H,1-3,6-9,12H2. The van der Waals surface area contributed by atoms with E-state index in [2.05, 4.69) is 10.1 Å². The van der Waals surface area contributed by atoms with Crippen LogP contribution in [0.4, 0.5) is 32.2 Å². The molecule has 2 aliphatic rings. The Morgan fingerprint density at radius 1 is 0.969 bits per heavy atom. The van der Waals surface area contributed by atoms with Crippen LogP contribution in [-0.4, -0.2) is 45.8 Å². The second kappa shape index (κ2) is 8.38. The zero-order chi connectivity index (χ0) is 23.1. The van der Waals surface area contributed by atoms with Crippen LogP contribution < -0.4 is 10.5 Å². The van der Waals surface area contributed by atoms with E-state index in [1.54, 1.807) is 0 Å². The number of halogens is 6. The van der Waals surface area contributed by atoms with Gasteiger partial charge in [0.1, 0.15) is 11.4 Å². The average Bonchev–Trinajstić information content (AvgIpc) is 3.56. The lowest BCUT2D eigenvalue weighted by Crippen LogP contribution is -2.39. The molecule has 2 aromatic heterocycles. The normalized spacial score (nSPS) is 18.6. The summed E-state index contributed by atoms with van der Waals surface area (Å²) in [6, 6.07) is 3.13. The summed E-state index contributed by atoms with van der Waals surface area (Å²) in [5, 5.41) is 4.17. The molecule has 12 heteroatoms. The van der Waals surface area contributed by atoms with Crippen LogP contribution in [-0.2, 0) is 19.0 Å². The minimum absolute atomic E-state index is 0.0479. The third-order valence-electron chi connectivity index (χ3n) is 5.62. The van der Waals surface area contributed by atoms with Crippen LogP contribution in [0.2, 0.25) is 0 Å². The molecule has 2 aromatic rings. The Balaban J connectivity index is 1.48. The monoisotopic (exact) mass is 461 g/mol. The molecule has 32 heavy (non-hydrogen) atoms. The van der Waals surface area contributed by atoms with Crippen LogP contribution in [0.3, 0.4) is 0 Å². The van der Waals surface area contributed by atoms with Gasteiger partial charge in [-0.15, -0.1) is 0 Å². The predicted molar refractivity (Wildman–Crippen MR) is 103 cm³/mol. The third-order valence-corrected chi connectivity index (χ3v) is 5.62. The molecular weight excluding hydrogens is 440 g/mol. The molecule has 0 N–H and O–H groups in total. The van der Waals surface area contributed by atoms with E-state index in [0.717, 1.165) is 35.9 Å². The third kappa shape index (κ3) is 5.05. The second-order valence-electron chi connectivity index (χ2n) is 8.06. The van der Waals surface area contributed by atoms with Crippen LogP contribution in [0.15, 0.2) is 29.2 Å². The average molecular weight is 461 g/mol. The van der Waals surface area contributed by atoms with Gasteiger partial charge in [-0.1, -0.05) is 0 Å². The molecule has 2 fully saturated rings. The first-order chi connectivity index (χ1) is 15.0. The molecular formula is C20H21F6N5O. The van der Waals surface area contributed by atoms with Crippen molar-refractivity contribution in [1.82, 2.24) is 19.7 Å². The largest absolute Gasteiger partial charge is 0.421 e. The predicted octanol–water partition coefficient (Wildman–Crippen LogP) is 3.72. The van der Waals surface area contributed by atoms with Gasteiger partial charge in [0, 0.05) is 38.3 Å². The van der Waals surface area contributed by atoms with E-state index in [-0.39, 0.29) is 18.3 Å². The number of aromatic nitrogens is 3. The fourth-order valence-electron chi connectivity index (χ4n) is 3.71. The minimum atomic E-state index is -4.75. The maximum atomic E-state index is 13.3. The molecule has 0 bridgehead atoms. The summed E-state index contributed by atoms with van der Waals surface area (Å²) in [6.45, 7) is 1.73. The topological polar surface area (TPSA) is 54.3 Å². The van der Waals surface area contributed by atoms with Crippen molar-refractivity contribution in [3.05, 3.63) is 51.6 Å². The number of rotatable bonds is 4. The number of anilines is 1. The van der Waals surface area contributed by atoms with Gasteiger partial charge in [-0.05, 0) is 37.5 Å². The van der Waals surface area contributed by atoms with E-state index in [0.29, 0.717) is 38.4 Å². The first-order valence-electron chi connectivity index (χ1n) is 10.2. The van der Waals surface area contributed by atoms with E-state index in [1.807, 2.05) is 9.80 Å². The number of nitrogens with zero attached hydrogens (tertiary/aromatic N) is 5. The molecule has 0 amide bonds. The summed E-state index contributed by atoms with van der Waals surface area (Å²) in [4.78, 5) is 19.9. The molecule has 174 valence electrons. The summed E-state index contributed by atoms with van der Waals surface area (Å²) < 4.78 is 79.1. The van der Waals surface area contributed by atoms with Gasteiger partial charge in [0.15, 0.2) is 0 Å². The van der Waals surface area contributed by atoms with Crippen molar-refractivity contribution in [2.45, 2.75) is 44.2 Å². The lowest BCUT2D eigenvalue weighted by Gasteiger charge is -2.23. The summed E-state index contributed by atoms with van der Waals surface area (Å²) in [5.74, 6) is 0.346. The van der Waals surface area contributed by atoms with E-state index in [9.17, 15) is 31.1 Å². The SMILES string of the molecule is O=c1c(C(F)(F)F)cc(C2CC2)nn1CN1CCCN(c2ccc(C(F)(F)F)cn2)CC1. The van der Waals surface area contributed by atoms with Crippen molar-refractivity contribution >= 4 is 5.82 Å². The van der Waals surface area contributed by atoms with E-state index in [4.69, 9.17) is 0 Å². The number of hydrogen-bond donors (Lipinski definition) is 0. The Kier molecular flexibility index (Phi) is 5.91. The first kappa shape index (κ1) is 22.6. The van der Waals surface area contributed by atoms with E-state index >= 15 is 0 Å². The highest BCUT2D eigenvalue weighted by Gasteiger charge is 2.38. The van der Waals surface area contributed by atoms with Crippen molar-refractivity contribution in [2.75, 3.05) is 31.1 Å². The molecule has 1 saturated carbocycles. The van der Waals surface area contributed by atoms with Crippen molar-refractivity contribution in [2.24, 2.45) is 0 Å². The summed E-state index contributed by atoms with van der Waals surface area (Å²) in [7, 11) is 0. The quantitative estimate of drug-likeness (QED) is 0.650. The molecule has 4 rings (SSSR count). The van der Waals surface area contributed by atoms with Crippen LogP contribution in [0.25, 0.3) is 0 Å². The Hall–Kier alpha value is -2.63. The smallest absolute Gasteiger partial charge is 0.355 e. The van der Waals surface area contributed by atoms with Gasteiger partial charge in [0.2, 0.25) is 0 Å². The van der Waals surface area contributed by atoms with Crippen LogP contribution in [0.1, 0.15) is 42.0 Å². The molecule has 0 radical (unpaired) electrons. The molecule has 6 nitrogen and oxygen atoms in total. The molecule has 1 aliphatic carbocycles. The first-order valence-corrected chi connectivity index (χ1v) is 10.2. The zero-order valence-corrected chi connectivity index (χ0v) is 17.0.